The van der Waals surface area contributed by atoms with Gasteiger partial charge in [0.15, 0.2) is 0 Å². The smallest absolute Gasteiger partial charge is 0.0596 e. The number of nitrogens with one attached hydrogen (secondary N) is 1. The molecule has 1 N–H and O–H groups in total. The zero-order valence-corrected chi connectivity index (χ0v) is 8.12. The van der Waals surface area contributed by atoms with Crippen LogP contribution in [0.1, 0.15) is 13.3 Å². The van der Waals surface area contributed by atoms with Crippen molar-refractivity contribution < 1.29 is 0 Å². The molecule has 0 aromatic heterocycles. The van der Waals surface area contributed by atoms with E-state index in [1.807, 2.05) is 0 Å². The van der Waals surface area contributed by atoms with E-state index >= 15 is 0 Å². The maximum atomic E-state index is 3.52. The van der Waals surface area contributed by atoms with Crippen LogP contribution in [-0.4, -0.2) is 31.2 Å². The van der Waals surface area contributed by atoms with Crippen LogP contribution in [0.3, 0.4) is 0 Å². The Labute approximate surface area is 74.9 Å². The quantitative estimate of drug-likeness (QED) is 0.634. The lowest BCUT2D eigenvalue weighted by atomic mass is 10.2. The minimum Gasteiger partial charge on any atom is -0.294 e. The van der Waals surface area contributed by atoms with Gasteiger partial charge in [-0.2, -0.15) is 0 Å². The predicted molar refractivity (Wildman–Crippen MR) is 53.0 cm³/mol. The molecule has 0 aromatic carbocycles. The first-order valence-electron chi connectivity index (χ1n) is 4.51. The van der Waals surface area contributed by atoms with Crippen molar-refractivity contribution in [1.82, 2.24) is 10.2 Å². The third kappa shape index (κ3) is 2.47. The third-order valence-electron chi connectivity index (χ3n) is 2.14. The normalized spacial score (nSPS) is 19.3. The van der Waals surface area contributed by atoms with E-state index in [1.54, 1.807) is 0 Å². The highest BCUT2D eigenvalue weighted by Crippen LogP contribution is 2.03. The standard InChI is InChI=1S/C10H18N2/c1-4-10(12(2)3)11-9-7-5-6-8-9/h5-11H,4H2,1-3H3. The van der Waals surface area contributed by atoms with E-state index in [-0.39, 0.29) is 0 Å². The number of rotatable bonds is 4. The minimum absolute atomic E-state index is 0.428. The van der Waals surface area contributed by atoms with Crippen LogP contribution in [0, 0.1) is 0 Å². The zero-order valence-electron chi connectivity index (χ0n) is 8.12. The van der Waals surface area contributed by atoms with Crippen LogP contribution in [-0.2, 0) is 0 Å². The van der Waals surface area contributed by atoms with Crippen molar-refractivity contribution in [2.24, 2.45) is 0 Å². The molecule has 1 aliphatic carbocycles. The predicted octanol–water partition coefficient (Wildman–Crippen LogP) is 1.37. The van der Waals surface area contributed by atoms with Crippen LogP contribution in [0.5, 0.6) is 0 Å². The summed E-state index contributed by atoms with van der Waals surface area (Å²) >= 11 is 0. The number of hydrogen-bond acceptors (Lipinski definition) is 2. The van der Waals surface area contributed by atoms with E-state index in [1.165, 1.54) is 0 Å². The molecule has 0 saturated carbocycles. The Morgan fingerprint density at radius 2 is 1.92 bits per heavy atom. The van der Waals surface area contributed by atoms with Gasteiger partial charge in [0.05, 0.1) is 6.17 Å². The van der Waals surface area contributed by atoms with Crippen molar-refractivity contribution in [3.05, 3.63) is 24.3 Å². The van der Waals surface area contributed by atoms with Crippen LogP contribution in [0.4, 0.5) is 0 Å². The van der Waals surface area contributed by atoms with Crippen molar-refractivity contribution in [2.45, 2.75) is 25.6 Å². The lowest BCUT2D eigenvalue weighted by molar-refractivity contribution is 0.236. The average molecular weight is 166 g/mol. The van der Waals surface area contributed by atoms with Gasteiger partial charge in [-0.15, -0.1) is 0 Å². The van der Waals surface area contributed by atoms with Gasteiger partial charge >= 0.3 is 0 Å². The number of nitrogens with zero attached hydrogens (tertiary/aromatic N) is 1. The molecular weight excluding hydrogens is 148 g/mol. The second-order valence-electron chi connectivity index (χ2n) is 3.35. The second kappa shape index (κ2) is 4.43. The van der Waals surface area contributed by atoms with Crippen molar-refractivity contribution in [3.63, 3.8) is 0 Å². The lowest BCUT2D eigenvalue weighted by Crippen LogP contribution is -2.44. The summed E-state index contributed by atoms with van der Waals surface area (Å²) in [7, 11) is 4.20. The Morgan fingerprint density at radius 1 is 1.33 bits per heavy atom. The molecule has 1 rings (SSSR count). The molecule has 1 atom stereocenters. The summed E-state index contributed by atoms with van der Waals surface area (Å²) in [5, 5.41) is 3.52. The molecule has 0 aromatic rings. The third-order valence-corrected chi connectivity index (χ3v) is 2.14. The molecule has 0 amide bonds. The summed E-state index contributed by atoms with van der Waals surface area (Å²) in [5.74, 6) is 0. The van der Waals surface area contributed by atoms with E-state index in [0.717, 1.165) is 6.42 Å². The summed E-state index contributed by atoms with van der Waals surface area (Å²) in [5.41, 5.74) is 0. The molecule has 0 spiro atoms. The molecule has 0 aliphatic heterocycles. The van der Waals surface area contributed by atoms with Crippen LogP contribution >= 0.6 is 0 Å². The second-order valence-corrected chi connectivity index (χ2v) is 3.35. The fraction of sp³-hybridized carbons (Fsp3) is 0.600. The molecule has 68 valence electrons. The largest absolute Gasteiger partial charge is 0.294 e. The van der Waals surface area contributed by atoms with E-state index < -0.39 is 0 Å². The first-order chi connectivity index (χ1) is 5.74. The van der Waals surface area contributed by atoms with Crippen LogP contribution in [0.25, 0.3) is 0 Å². The average Bonchev–Trinajstić information content (AvgIpc) is 2.51. The van der Waals surface area contributed by atoms with Crippen molar-refractivity contribution in [1.29, 1.82) is 0 Å². The summed E-state index contributed by atoms with van der Waals surface area (Å²) in [6, 6.07) is 0.428. The summed E-state index contributed by atoms with van der Waals surface area (Å²) < 4.78 is 0. The van der Waals surface area contributed by atoms with E-state index in [0.29, 0.717) is 12.2 Å². The monoisotopic (exact) mass is 166 g/mol. The van der Waals surface area contributed by atoms with Crippen molar-refractivity contribution in [2.75, 3.05) is 14.1 Å². The fourth-order valence-corrected chi connectivity index (χ4v) is 1.40. The van der Waals surface area contributed by atoms with Crippen LogP contribution in [0.2, 0.25) is 0 Å². The van der Waals surface area contributed by atoms with Crippen molar-refractivity contribution in [3.8, 4) is 0 Å². The lowest BCUT2D eigenvalue weighted by Gasteiger charge is -2.26. The van der Waals surface area contributed by atoms with E-state index in [9.17, 15) is 0 Å². The SMILES string of the molecule is CCC(NC1C=CC=C1)N(C)C. The molecule has 0 radical (unpaired) electrons. The molecule has 0 saturated heterocycles. The van der Waals surface area contributed by atoms with E-state index in [4.69, 9.17) is 0 Å². The molecule has 1 unspecified atom stereocenters. The topological polar surface area (TPSA) is 15.3 Å². The van der Waals surface area contributed by atoms with Gasteiger partial charge in [0, 0.05) is 6.04 Å². The summed E-state index contributed by atoms with van der Waals surface area (Å²) in [6.07, 6.45) is 10.1. The molecule has 0 heterocycles. The Bertz CT molecular complexity index is 170. The van der Waals surface area contributed by atoms with E-state index in [2.05, 4.69) is 55.5 Å². The molecule has 1 aliphatic rings. The van der Waals surface area contributed by atoms with Crippen molar-refractivity contribution >= 4 is 0 Å². The van der Waals surface area contributed by atoms with Gasteiger partial charge in [-0.05, 0) is 20.5 Å². The first kappa shape index (κ1) is 9.49. The number of hydrogen-bond donors (Lipinski definition) is 1. The Hall–Kier alpha value is -0.600. The highest BCUT2D eigenvalue weighted by Gasteiger charge is 2.11. The van der Waals surface area contributed by atoms with Crippen LogP contribution < -0.4 is 5.32 Å². The van der Waals surface area contributed by atoms with Gasteiger partial charge in [0.25, 0.3) is 0 Å². The summed E-state index contributed by atoms with van der Waals surface area (Å²) in [4.78, 5) is 2.21. The molecule has 2 heteroatoms. The highest BCUT2D eigenvalue weighted by atomic mass is 15.2. The van der Waals surface area contributed by atoms with Gasteiger partial charge in [-0.25, -0.2) is 0 Å². The van der Waals surface area contributed by atoms with Gasteiger partial charge < -0.3 is 0 Å². The molecule has 12 heavy (non-hydrogen) atoms. The Kier molecular flexibility index (Phi) is 3.50. The zero-order chi connectivity index (χ0) is 8.97. The number of allylic oxidation sites excluding steroid dienone is 2. The molecule has 2 nitrogen and oxygen atoms in total. The molecular formula is C10H18N2. The van der Waals surface area contributed by atoms with Gasteiger partial charge in [-0.3, -0.25) is 10.2 Å². The van der Waals surface area contributed by atoms with Gasteiger partial charge in [0.2, 0.25) is 0 Å². The Morgan fingerprint density at radius 3 is 2.33 bits per heavy atom. The molecule has 0 fully saturated rings. The Balaban J connectivity index is 2.36. The highest BCUT2D eigenvalue weighted by molar-refractivity contribution is 5.21. The molecule has 0 bridgehead atoms. The summed E-state index contributed by atoms with van der Waals surface area (Å²) in [6.45, 7) is 2.19. The first-order valence-corrected chi connectivity index (χ1v) is 4.51. The minimum atomic E-state index is 0.428. The fourth-order valence-electron chi connectivity index (χ4n) is 1.40. The van der Waals surface area contributed by atoms with Crippen LogP contribution in [0.15, 0.2) is 24.3 Å². The van der Waals surface area contributed by atoms with Gasteiger partial charge in [0.1, 0.15) is 0 Å². The van der Waals surface area contributed by atoms with Gasteiger partial charge in [-0.1, -0.05) is 31.2 Å². The maximum absolute atomic E-state index is 3.52. The maximum Gasteiger partial charge on any atom is 0.0596 e.